The first kappa shape index (κ1) is 76.0. The van der Waals surface area contributed by atoms with Gasteiger partial charge in [0.15, 0.2) is 0 Å². The van der Waals surface area contributed by atoms with Crippen LogP contribution in [0, 0.1) is 0 Å². The Bertz CT molecular complexity index is 8980. The van der Waals surface area contributed by atoms with E-state index in [1.807, 2.05) is 128 Å². The summed E-state index contributed by atoms with van der Waals surface area (Å²) in [4.78, 5) is 58.0. The van der Waals surface area contributed by atoms with Gasteiger partial charge in [-0.05, 0) is 182 Å². The van der Waals surface area contributed by atoms with Gasteiger partial charge in [-0.2, -0.15) is 0 Å². The molecule has 26 aromatic rings. The highest BCUT2D eigenvalue weighted by Gasteiger charge is 2.21. The SMILES string of the molecule is c1ccc(-c2ccc3ccc(-c4ccc(-c5c6ccccc6nc6c5ccc5cccnc56)cc4)cc3n2)nc1.c1ccc(-c2ccc3ccc(-c4ccc5cc(-c6c7ccccc7nc7c6ccc6cccnc67)ccc5c4)cc3n2)nc1.c1ccc(-c2ccc3ccc4c(-c5ccc(-c6ccc7ccc(-c8ccccn8)nc7c6)cc5)c5ccccc5nc4c3n2)cc1. The third-order valence-electron chi connectivity index (χ3n) is 24.8. The number of hydrogen-bond donors (Lipinski definition) is 0. The fourth-order valence-electron chi connectivity index (χ4n) is 18.3. The number of benzene rings is 14. The Hall–Kier alpha value is -17.7. The molecule has 12 aromatic heterocycles. The Morgan fingerprint density at radius 3 is 0.862 bits per heavy atom. The number of hydrogen-bond acceptors (Lipinski definition) is 12. The molecule has 0 N–H and O–H groups in total. The average molecular weight is 1660 g/mol. The lowest BCUT2D eigenvalue weighted by atomic mass is 9.93. The molecule has 130 heavy (non-hydrogen) atoms. The minimum absolute atomic E-state index is 0.870. The molecule has 0 spiro atoms. The summed E-state index contributed by atoms with van der Waals surface area (Å²) in [7, 11) is 0. The van der Waals surface area contributed by atoms with E-state index in [0.717, 1.165) is 221 Å². The second kappa shape index (κ2) is 32.4. The van der Waals surface area contributed by atoms with E-state index in [-0.39, 0.29) is 0 Å². The number of fused-ring (bicyclic) bond motifs is 16. The van der Waals surface area contributed by atoms with Crippen LogP contribution in [0.15, 0.2) is 437 Å². The van der Waals surface area contributed by atoms with E-state index in [4.69, 9.17) is 39.9 Å². The normalized spacial score (nSPS) is 11.5. The van der Waals surface area contributed by atoms with Crippen LogP contribution in [0.2, 0.25) is 0 Å². The minimum atomic E-state index is 0.870. The van der Waals surface area contributed by atoms with Crippen LogP contribution in [0.1, 0.15) is 0 Å². The predicted octanol–water partition coefficient (Wildman–Crippen LogP) is 29.5. The van der Waals surface area contributed by atoms with Gasteiger partial charge in [-0.25, -0.2) is 34.9 Å². The van der Waals surface area contributed by atoms with Crippen molar-refractivity contribution in [1.29, 1.82) is 0 Å². The lowest BCUT2D eigenvalue weighted by molar-refractivity contribution is 1.28. The quantitative estimate of drug-likeness (QED) is 0.0945. The summed E-state index contributed by atoms with van der Waals surface area (Å²) in [6.45, 7) is 0. The van der Waals surface area contributed by atoms with E-state index in [2.05, 4.69) is 311 Å². The van der Waals surface area contributed by atoms with Crippen molar-refractivity contribution in [2.75, 3.05) is 0 Å². The highest BCUT2D eigenvalue weighted by atomic mass is 14.8. The predicted molar refractivity (Wildman–Crippen MR) is 535 cm³/mol. The van der Waals surface area contributed by atoms with Gasteiger partial charge < -0.3 is 0 Å². The van der Waals surface area contributed by atoms with E-state index in [0.29, 0.717) is 0 Å². The van der Waals surface area contributed by atoms with Crippen LogP contribution in [-0.2, 0) is 0 Å². The molecule has 26 rings (SSSR count). The first-order chi connectivity index (χ1) is 64.4. The van der Waals surface area contributed by atoms with Gasteiger partial charge in [-0.1, -0.05) is 285 Å². The summed E-state index contributed by atoms with van der Waals surface area (Å²) < 4.78 is 0. The molecule has 0 atom stereocenters. The highest BCUT2D eigenvalue weighted by Crippen LogP contribution is 2.44. The average Bonchev–Trinajstić information content (AvgIpc) is 0.750. The molecule has 0 bridgehead atoms. The zero-order chi connectivity index (χ0) is 86.0. The maximum atomic E-state index is 5.18. The number of nitrogens with zero attached hydrogens (tertiary/aromatic N) is 12. The van der Waals surface area contributed by atoms with Crippen LogP contribution in [0.25, 0.3) is 254 Å². The summed E-state index contributed by atoms with van der Waals surface area (Å²) in [5, 5.41) is 15.7. The van der Waals surface area contributed by atoms with Crippen molar-refractivity contribution >= 4 is 142 Å². The van der Waals surface area contributed by atoms with E-state index >= 15 is 0 Å². The Morgan fingerprint density at radius 2 is 0.431 bits per heavy atom. The van der Waals surface area contributed by atoms with Crippen LogP contribution in [0.4, 0.5) is 0 Å². The van der Waals surface area contributed by atoms with E-state index < -0.39 is 0 Å². The lowest BCUT2D eigenvalue weighted by Gasteiger charge is -2.14. The molecule has 0 aliphatic heterocycles. The van der Waals surface area contributed by atoms with Crippen LogP contribution in [-0.4, -0.2) is 59.8 Å². The lowest BCUT2D eigenvalue weighted by Crippen LogP contribution is -1.93. The first-order valence-corrected chi connectivity index (χ1v) is 43.4. The third kappa shape index (κ3) is 14.1. The fraction of sp³-hybridized carbons (Fsp3) is 0. The Balaban J connectivity index is 0.000000108. The van der Waals surface area contributed by atoms with Crippen molar-refractivity contribution in [3.05, 3.63) is 437 Å². The summed E-state index contributed by atoms with van der Waals surface area (Å²) in [6.07, 6.45) is 9.08. The molecule has 0 saturated carbocycles. The maximum absolute atomic E-state index is 5.18. The molecular formula is C118H72N12. The van der Waals surface area contributed by atoms with E-state index in [1.165, 1.54) is 33.0 Å². The van der Waals surface area contributed by atoms with Gasteiger partial charge in [-0.15, -0.1) is 0 Å². The molecular weight excluding hydrogens is 1590 g/mol. The van der Waals surface area contributed by atoms with Crippen molar-refractivity contribution in [3.63, 3.8) is 0 Å². The number of pyridine rings is 12. The Kier molecular flexibility index (Phi) is 18.9. The standard InChI is InChI=1S/C42H26N4.C40H24N4.C36H22N4/c1-2-8-28(9-3-1)35-23-21-31-19-22-34-40(33-10-4-5-11-36(33)46-42(34)41(31)45-35)30-16-13-27(14-17-30)32-18-15-29-20-24-38(44-39(29)26-32)37-12-6-7-25-43-37;1-2-8-34-32(7-1)38(33-18-16-26-6-5-21-42-39(26)40(33)44-34)31-15-14-27-22-28(12-13-29(27)23-31)30-11-10-25-17-19-36(43-37(25)24-30)35-9-3-4-20-41-35;1-2-8-30-28(7-1)34(29-18-16-26-6-5-21-38-35(26)36(29)40-30)25-13-10-23(11-14-25)27-15-12-24-17-19-32(39-33(24)22-27)31-9-3-4-20-37-31/h1-26H;1-24H;1-22H. The second-order valence-corrected chi connectivity index (χ2v) is 32.6. The number of aromatic nitrogens is 12. The van der Waals surface area contributed by atoms with E-state index in [1.54, 1.807) is 18.6 Å². The fourth-order valence-corrected chi connectivity index (χ4v) is 18.3. The van der Waals surface area contributed by atoms with Gasteiger partial charge in [0, 0.05) is 118 Å². The van der Waals surface area contributed by atoms with Gasteiger partial charge in [0.25, 0.3) is 0 Å². The van der Waals surface area contributed by atoms with Crippen molar-refractivity contribution in [2.45, 2.75) is 0 Å². The largest absolute Gasteiger partial charge is 0.255 e. The van der Waals surface area contributed by atoms with Gasteiger partial charge in [0.05, 0.1) is 106 Å². The molecule has 0 aliphatic carbocycles. The molecule has 0 radical (unpaired) electrons. The van der Waals surface area contributed by atoms with Gasteiger partial charge in [0.2, 0.25) is 0 Å². The second-order valence-electron chi connectivity index (χ2n) is 32.6. The zero-order valence-corrected chi connectivity index (χ0v) is 69.9. The molecule has 0 aliphatic rings. The van der Waals surface area contributed by atoms with Gasteiger partial charge in [-0.3, -0.25) is 24.9 Å². The molecule has 0 unspecified atom stereocenters. The first-order valence-electron chi connectivity index (χ1n) is 43.4. The van der Waals surface area contributed by atoms with Gasteiger partial charge in [0.1, 0.15) is 0 Å². The molecule has 0 fully saturated rings. The van der Waals surface area contributed by atoms with Crippen LogP contribution < -0.4 is 0 Å². The van der Waals surface area contributed by atoms with Crippen molar-refractivity contribution in [1.82, 2.24) is 59.8 Å². The summed E-state index contributed by atoms with van der Waals surface area (Å²) in [5.41, 5.74) is 32.4. The molecule has 12 nitrogen and oxygen atoms in total. The van der Waals surface area contributed by atoms with Crippen LogP contribution >= 0.6 is 0 Å². The van der Waals surface area contributed by atoms with Crippen LogP contribution in [0.3, 0.4) is 0 Å². The molecule has 12 heterocycles. The van der Waals surface area contributed by atoms with E-state index in [9.17, 15) is 0 Å². The molecule has 0 amide bonds. The maximum Gasteiger partial charge on any atom is 0.0978 e. The molecule has 0 saturated heterocycles. The zero-order valence-electron chi connectivity index (χ0n) is 69.9. The number of rotatable bonds is 10. The highest BCUT2D eigenvalue weighted by molar-refractivity contribution is 6.20. The third-order valence-corrected chi connectivity index (χ3v) is 24.8. The molecule has 604 valence electrons. The summed E-state index contributed by atoms with van der Waals surface area (Å²) in [5.74, 6) is 0. The Labute approximate surface area is 746 Å². The molecule has 12 heteroatoms. The Morgan fingerprint density at radius 1 is 0.123 bits per heavy atom. The summed E-state index contributed by atoms with van der Waals surface area (Å²) >= 11 is 0. The minimum Gasteiger partial charge on any atom is -0.255 e. The van der Waals surface area contributed by atoms with Crippen molar-refractivity contribution in [3.8, 4) is 112 Å². The molecule has 14 aromatic carbocycles. The topological polar surface area (TPSA) is 155 Å². The smallest absolute Gasteiger partial charge is 0.0978 e. The van der Waals surface area contributed by atoms with Gasteiger partial charge >= 0.3 is 0 Å². The summed E-state index contributed by atoms with van der Waals surface area (Å²) in [6, 6.07) is 141. The van der Waals surface area contributed by atoms with Crippen LogP contribution in [0.5, 0.6) is 0 Å². The number of para-hydroxylation sites is 3. The monoisotopic (exact) mass is 1660 g/mol. The van der Waals surface area contributed by atoms with Crippen molar-refractivity contribution in [2.24, 2.45) is 0 Å². The van der Waals surface area contributed by atoms with Crippen molar-refractivity contribution < 1.29 is 0 Å².